The van der Waals surface area contributed by atoms with Crippen molar-refractivity contribution >= 4 is 28.5 Å². The molecular formula is C27H26N4O3. The monoisotopic (exact) mass is 454 g/mol. The number of aryl methyl sites for hydroxylation is 1. The molecule has 0 amide bonds. The van der Waals surface area contributed by atoms with Crippen LogP contribution in [-0.2, 0) is 11.2 Å². The fraction of sp³-hybridized carbons (Fsp3) is 0.185. The van der Waals surface area contributed by atoms with Crippen molar-refractivity contribution in [3.05, 3.63) is 84.1 Å². The number of hydrogen-bond acceptors (Lipinski definition) is 6. The summed E-state index contributed by atoms with van der Waals surface area (Å²) in [4.78, 5) is 20.3. The van der Waals surface area contributed by atoms with Crippen LogP contribution in [0.4, 0.5) is 5.82 Å². The highest BCUT2D eigenvalue weighted by atomic mass is 16.5. The van der Waals surface area contributed by atoms with E-state index in [1.54, 1.807) is 13.3 Å². The van der Waals surface area contributed by atoms with E-state index in [9.17, 15) is 9.90 Å². The van der Waals surface area contributed by atoms with Crippen LogP contribution in [0.5, 0.6) is 5.75 Å². The fourth-order valence-electron chi connectivity index (χ4n) is 3.62. The Balaban J connectivity index is 1.75. The highest BCUT2D eigenvalue weighted by molar-refractivity contribution is 6.02. The van der Waals surface area contributed by atoms with E-state index in [0.717, 1.165) is 34.2 Å². The van der Waals surface area contributed by atoms with Gasteiger partial charge in [0, 0.05) is 23.6 Å². The van der Waals surface area contributed by atoms with Gasteiger partial charge in [0.2, 0.25) is 0 Å². The standard InChI is InChI=1S/C27H26N4O3/c1-3-18-6-8-20(9-7-18)24(14-15-25(32)33)30-31-27-23(19-10-12-22(34-2)13-11-19)17-21-5-4-16-28-26(21)29-27/h4-13,16-17H,3,14-15H2,1-2H3,(H,32,33)(H,28,29,31)/b30-24+. The number of nitrogens with one attached hydrogen (secondary N) is 1. The Morgan fingerprint density at radius 2 is 1.82 bits per heavy atom. The van der Waals surface area contributed by atoms with Crippen LogP contribution in [-0.4, -0.2) is 33.9 Å². The van der Waals surface area contributed by atoms with Crippen LogP contribution in [0.2, 0.25) is 0 Å². The van der Waals surface area contributed by atoms with Gasteiger partial charge in [-0.05, 0) is 53.4 Å². The first-order chi connectivity index (χ1) is 16.6. The maximum atomic E-state index is 11.2. The smallest absolute Gasteiger partial charge is 0.303 e. The lowest BCUT2D eigenvalue weighted by molar-refractivity contribution is -0.136. The van der Waals surface area contributed by atoms with Crippen molar-refractivity contribution in [1.82, 2.24) is 9.97 Å². The number of benzene rings is 2. The number of hydrogen-bond donors (Lipinski definition) is 2. The Bertz CT molecular complexity index is 1320. The van der Waals surface area contributed by atoms with Crippen molar-refractivity contribution in [3.63, 3.8) is 0 Å². The number of aromatic nitrogens is 2. The molecule has 172 valence electrons. The lowest BCUT2D eigenvalue weighted by atomic mass is 10.0. The molecule has 0 unspecified atom stereocenters. The maximum absolute atomic E-state index is 11.2. The first kappa shape index (κ1) is 22.9. The third-order valence-electron chi connectivity index (χ3n) is 5.56. The number of rotatable bonds is 9. The predicted octanol–water partition coefficient (Wildman–Crippen LogP) is 5.55. The lowest BCUT2D eigenvalue weighted by Crippen LogP contribution is -2.09. The molecule has 0 fully saturated rings. The Labute approximate surface area is 198 Å². The van der Waals surface area contributed by atoms with Crippen LogP contribution >= 0.6 is 0 Å². The van der Waals surface area contributed by atoms with Crippen LogP contribution in [0.15, 0.2) is 78.0 Å². The summed E-state index contributed by atoms with van der Waals surface area (Å²) in [6.07, 6.45) is 2.90. The van der Waals surface area contributed by atoms with E-state index in [-0.39, 0.29) is 12.8 Å². The third-order valence-corrected chi connectivity index (χ3v) is 5.56. The number of fused-ring (bicyclic) bond motifs is 1. The number of anilines is 1. The van der Waals surface area contributed by atoms with Gasteiger partial charge in [-0.2, -0.15) is 5.10 Å². The van der Waals surface area contributed by atoms with Gasteiger partial charge in [-0.1, -0.05) is 43.3 Å². The number of aliphatic carboxylic acids is 1. The Morgan fingerprint density at radius 3 is 2.50 bits per heavy atom. The fourth-order valence-corrected chi connectivity index (χ4v) is 3.62. The highest BCUT2D eigenvalue weighted by Gasteiger charge is 2.12. The lowest BCUT2D eigenvalue weighted by Gasteiger charge is -2.12. The van der Waals surface area contributed by atoms with E-state index >= 15 is 0 Å². The molecule has 0 radical (unpaired) electrons. The molecule has 34 heavy (non-hydrogen) atoms. The van der Waals surface area contributed by atoms with Crippen molar-refractivity contribution in [2.75, 3.05) is 12.5 Å². The summed E-state index contributed by atoms with van der Waals surface area (Å²) in [5, 5.41) is 14.7. The van der Waals surface area contributed by atoms with Crippen molar-refractivity contribution in [2.24, 2.45) is 5.10 Å². The molecule has 4 aromatic rings. The summed E-state index contributed by atoms with van der Waals surface area (Å²) in [5.74, 6) is 0.428. The summed E-state index contributed by atoms with van der Waals surface area (Å²) in [5.41, 5.74) is 8.21. The van der Waals surface area contributed by atoms with E-state index in [1.807, 2.05) is 66.7 Å². The van der Waals surface area contributed by atoms with Crippen LogP contribution in [0.1, 0.15) is 30.9 Å². The molecule has 0 atom stereocenters. The molecule has 0 saturated carbocycles. The number of carboxylic acids is 1. The van der Waals surface area contributed by atoms with Crippen LogP contribution in [0.25, 0.3) is 22.2 Å². The van der Waals surface area contributed by atoms with E-state index in [0.29, 0.717) is 17.2 Å². The zero-order valence-electron chi connectivity index (χ0n) is 19.2. The molecule has 2 N–H and O–H groups in total. The Hall–Kier alpha value is -4.26. The van der Waals surface area contributed by atoms with Gasteiger partial charge in [-0.15, -0.1) is 0 Å². The summed E-state index contributed by atoms with van der Waals surface area (Å²) in [6, 6.07) is 21.6. The number of pyridine rings is 2. The van der Waals surface area contributed by atoms with Crippen molar-refractivity contribution in [1.29, 1.82) is 0 Å². The van der Waals surface area contributed by atoms with Crippen LogP contribution < -0.4 is 10.2 Å². The van der Waals surface area contributed by atoms with Gasteiger partial charge in [0.15, 0.2) is 11.5 Å². The molecule has 0 bridgehead atoms. The second-order valence-corrected chi connectivity index (χ2v) is 7.78. The second-order valence-electron chi connectivity index (χ2n) is 7.78. The summed E-state index contributed by atoms with van der Waals surface area (Å²) >= 11 is 0. The number of methoxy groups -OCH3 is 1. The molecule has 0 aliphatic heterocycles. The summed E-state index contributed by atoms with van der Waals surface area (Å²) in [7, 11) is 1.63. The third kappa shape index (κ3) is 5.38. The van der Waals surface area contributed by atoms with Gasteiger partial charge in [0.1, 0.15) is 5.75 Å². The normalized spacial score (nSPS) is 11.4. The van der Waals surface area contributed by atoms with Crippen LogP contribution in [0.3, 0.4) is 0 Å². The first-order valence-electron chi connectivity index (χ1n) is 11.1. The Morgan fingerprint density at radius 1 is 1.06 bits per heavy atom. The molecule has 2 heterocycles. The first-order valence-corrected chi connectivity index (χ1v) is 11.1. The van der Waals surface area contributed by atoms with Gasteiger partial charge in [0.05, 0.1) is 19.2 Å². The van der Waals surface area contributed by atoms with E-state index < -0.39 is 5.97 Å². The Kier molecular flexibility index (Phi) is 7.13. The number of carbonyl (C=O) groups is 1. The van der Waals surface area contributed by atoms with Crippen molar-refractivity contribution < 1.29 is 14.6 Å². The average molecular weight is 455 g/mol. The predicted molar refractivity (Wildman–Crippen MR) is 134 cm³/mol. The quantitative estimate of drug-likeness (QED) is 0.254. The molecule has 2 aromatic carbocycles. The maximum Gasteiger partial charge on any atom is 0.303 e. The number of ether oxygens (including phenoxy) is 1. The zero-order valence-corrected chi connectivity index (χ0v) is 19.2. The summed E-state index contributed by atoms with van der Waals surface area (Å²) < 4.78 is 5.29. The minimum atomic E-state index is -0.871. The molecule has 0 aliphatic rings. The SMILES string of the molecule is CCc1ccc(/C(CCC(=O)O)=N/Nc2nc3ncccc3cc2-c2ccc(OC)cc2)cc1. The van der Waals surface area contributed by atoms with E-state index in [2.05, 4.69) is 22.4 Å². The zero-order chi connectivity index (χ0) is 23.9. The van der Waals surface area contributed by atoms with E-state index in [1.165, 1.54) is 5.56 Å². The molecular weight excluding hydrogens is 428 g/mol. The van der Waals surface area contributed by atoms with Crippen molar-refractivity contribution in [2.45, 2.75) is 26.2 Å². The molecule has 0 aliphatic carbocycles. The van der Waals surface area contributed by atoms with Gasteiger partial charge < -0.3 is 9.84 Å². The summed E-state index contributed by atoms with van der Waals surface area (Å²) in [6.45, 7) is 2.09. The second kappa shape index (κ2) is 10.6. The average Bonchev–Trinajstić information content (AvgIpc) is 2.88. The topological polar surface area (TPSA) is 96.7 Å². The molecule has 7 heteroatoms. The number of nitrogens with zero attached hydrogens (tertiary/aromatic N) is 3. The van der Waals surface area contributed by atoms with Gasteiger partial charge >= 0.3 is 5.97 Å². The van der Waals surface area contributed by atoms with Crippen molar-refractivity contribution in [3.8, 4) is 16.9 Å². The molecule has 2 aromatic heterocycles. The van der Waals surface area contributed by atoms with Gasteiger partial charge in [-0.25, -0.2) is 9.97 Å². The molecule has 0 spiro atoms. The minimum absolute atomic E-state index is 0.0198. The molecule has 0 saturated heterocycles. The minimum Gasteiger partial charge on any atom is -0.497 e. The number of carboxylic acid groups (broad SMARTS) is 1. The van der Waals surface area contributed by atoms with E-state index in [4.69, 9.17) is 9.72 Å². The highest BCUT2D eigenvalue weighted by Crippen LogP contribution is 2.31. The largest absolute Gasteiger partial charge is 0.497 e. The van der Waals surface area contributed by atoms with Crippen LogP contribution in [0, 0.1) is 0 Å². The number of hydrazone groups is 1. The van der Waals surface area contributed by atoms with Gasteiger partial charge in [0.25, 0.3) is 0 Å². The van der Waals surface area contributed by atoms with Gasteiger partial charge in [-0.3, -0.25) is 10.2 Å². The molecule has 7 nitrogen and oxygen atoms in total. The molecule has 4 rings (SSSR count).